The molecule has 2 aromatic carbocycles. The van der Waals surface area contributed by atoms with Gasteiger partial charge in [0.2, 0.25) is 5.91 Å². The third-order valence-corrected chi connectivity index (χ3v) is 7.71. The predicted molar refractivity (Wildman–Crippen MR) is 164 cm³/mol. The number of hydrogen-bond acceptors (Lipinski definition) is 8. The van der Waals surface area contributed by atoms with Crippen molar-refractivity contribution in [3.05, 3.63) is 40.9 Å². The molecule has 2 aliphatic heterocycles. The molecule has 5 N–H and O–H groups in total. The van der Waals surface area contributed by atoms with Gasteiger partial charge < -0.3 is 36.2 Å². The number of anilines is 4. The van der Waals surface area contributed by atoms with Gasteiger partial charge in [-0.2, -0.15) is 5.26 Å². The summed E-state index contributed by atoms with van der Waals surface area (Å²) in [5.41, 5.74) is 4.10. The van der Waals surface area contributed by atoms with Gasteiger partial charge in [0.05, 0.1) is 41.0 Å². The topological polar surface area (TPSA) is 113 Å². The van der Waals surface area contributed by atoms with Gasteiger partial charge >= 0.3 is 0 Å². The van der Waals surface area contributed by atoms with E-state index in [2.05, 4.69) is 37.6 Å². The molecule has 3 unspecified atom stereocenters. The fourth-order valence-corrected chi connectivity index (χ4v) is 5.51. The van der Waals surface area contributed by atoms with Crippen LogP contribution in [0, 0.1) is 17.2 Å². The first kappa shape index (κ1) is 29.8. The molecule has 0 spiro atoms. The van der Waals surface area contributed by atoms with Gasteiger partial charge in [0.25, 0.3) is 0 Å². The molecule has 0 aromatic heterocycles. The largest absolute Gasteiger partial charge is 0.492 e. The molecule has 2 aromatic rings. The lowest BCUT2D eigenvalue weighted by Gasteiger charge is -2.33. The van der Waals surface area contributed by atoms with Crippen LogP contribution in [0.5, 0.6) is 5.75 Å². The molecule has 1 saturated heterocycles. The van der Waals surface area contributed by atoms with Crippen molar-refractivity contribution < 1.29 is 9.53 Å². The van der Waals surface area contributed by atoms with Crippen LogP contribution in [0.25, 0.3) is 0 Å². The highest BCUT2D eigenvalue weighted by Crippen LogP contribution is 2.42. The van der Waals surface area contributed by atoms with Crippen molar-refractivity contribution in [1.29, 1.82) is 5.26 Å². The second kappa shape index (κ2) is 14.4. The summed E-state index contributed by atoms with van der Waals surface area (Å²) in [4.78, 5) is 14.8. The molecule has 3 atom stereocenters. The molecule has 0 aliphatic carbocycles. The normalized spacial score (nSPS) is 20.1. The van der Waals surface area contributed by atoms with Crippen molar-refractivity contribution in [2.45, 2.75) is 51.1 Å². The summed E-state index contributed by atoms with van der Waals surface area (Å²) < 4.78 is 5.87. The van der Waals surface area contributed by atoms with Crippen molar-refractivity contribution in [3.8, 4) is 11.8 Å². The van der Waals surface area contributed by atoms with E-state index < -0.39 is 0 Å². The number of carbonyl (C=O) groups is 1. The summed E-state index contributed by atoms with van der Waals surface area (Å²) >= 11 is 6.67. The Labute approximate surface area is 243 Å². The van der Waals surface area contributed by atoms with Crippen molar-refractivity contribution in [2.75, 3.05) is 68.1 Å². The monoisotopic (exact) mass is 567 g/mol. The summed E-state index contributed by atoms with van der Waals surface area (Å²) in [5.74, 6) is 0.212. The van der Waals surface area contributed by atoms with Crippen LogP contribution in [0.1, 0.15) is 50.6 Å². The number of halogens is 1. The minimum absolute atomic E-state index is 0.0637. The highest BCUT2D eigenvalue weighted by atomic mass is 35.5. The van der Waals surface area contributed by atoms with Gasteiger partial charge in [-0.15, -0.1) is 0 Å². The number of piperidine rings is 1. The van der Waals surface area contributed by atoms with Crippen LogP contribution in [0.4, 0.5) is 22.7 Å². The number of benzene rings is 2. The molecule has 2 heterocycles. The van der Waals surface area contributed by atoms with Crippen LogP contribution in [-0.2, 0) is 4.79 Å². The lowest BCUT2D eigenvalue weighted by Crippen LogP contribution is -2.39. The SMILES string of the molecule is CCOc1cc2c(cc1NC(=O)CCCN(C)C)C(Nc1ccc(NCC3CCCCN3)c(Cl)c1)C(C#N)CN2. The molecule has 4 rings (SSSR count). The van der Waals surface area contributed by atoms with E-state index in [4.69, 9.17) is 16.3 Å². The Morgan fingerprint density at radius 1 is 1.23 bits per heavy atom. The Kier molecular flexibility index (Phi) is 10.8. The number of hydrogen-bond donors (Lipinski definition) is 5. The van der Waals surface area contributed by atoms with Gasteiger partial charge in [0.1, 0.15) is 5.75 Å². The van der Waals surface area contributed by atoms with Crippen LogP contribution in [-0.4, -0.2) is 63.7 Å². The van der Waals surface area contributed by atoms with E-state index in [-0.39, 0.29) is 17.9 Å². The standard InChI is InChI=1S/C30H42ClN7O2/c1-4-40-28-16-26-23(15-27(28)37-29(39)9-7-13-38(2)3)30(20(17-32)18-34-26)36-21-10-11-25(24(31)14-21)35-19-22-8-5-6-12-33-22/h10-11,14-16,20,22,30,33-36H,4-9,12-13,18-19H2,1-3H3,(H,37,39). The summed E-state index contributed by atoms with van der Waals surface area (Å²) in [6.45, 7) is 5.61. The molecule has 0 radical (unpaired) electrons. The lowest BCUT2D eigenvalue weighted by atomic mass is 9.88. The highest BCUT2D eigenvalue weighted by Gasteiger charge is 2.31. The van der Waals surface area contributed by atoms with Crippen molar-refractivity contribution in [1.82, 2.24) is 10.2 Å². The van der Waals surface area contributed by atoms with E-state index in [1.165, 1.54) is 19.3 Å². The van der Waals surface area contributed by atoms with Gasteiger partial charge in [0.15, 0.2) is 0 Å². The van der Waals surface area contributed by atoms with Crippen LogP contribution < -0.4 is 31.3 Å². The average Bonchev–Trinajstić information content (AvgIpc) is 2.94. The lowest BCUT2D eigenvalue weighted by molar-refractivity contribution is -0.116. The van der Waals surface area contributed by atoms with E-state index in [1.54, 1.807) is 0 Å². The molecule has 10 heteroatoms. The van der Waals surface area contributed by atoms with Crippen molar-refractivity contribution in [2.24, 2.45) is 5.92 Å². The Morgan fingerprint density at radius 2 is 2.08 bits per heavy atom. The van der Waals surface area contributed by atoms with E-state index in [1.807, 2.05) is 51.4 Å². The number of amides is 1. The molecular formula is C30H42ClN7O2. The summed E-state index contributed by atoms with van der Waals surface area (Å²) in [6, 6.07) is 12.3. The van der Waals surface area contributed by atoms with Crippen LogP contribution in [0.3, 0.4) is 0 Å². The highest BCUT2D eigenvalue weighted by molar-refractivity contribution is 6.33. The van der Waals surface area contributed by atoms with Crippen molar-refractivity contribution >= 4 is 40.3 Å². The minimum Gasteiger partial charge on any atom is -0.492 e. The average molecular weight is 568 g/mol. The first-order valence-corrected chi connectivity index (χ1v) is 14.7. The molecule has 1 amide bonds. The van der Waals surface area contributed by atoms with Crippen LogP contribution >= 0.6 is 11.6 Å². The molecule has 1 fully saturated rings. The molecule has 2 aliphatic rings. The third-order valence-electron chi connectivity index (χ3n) is 7.39. The Bertz CT molecular complexity index is 1190. The number of nitriles is 1. The number of nitrogens with one attached hydrogen (secondary N) is 5. The predicted octanol–water partition coefficient (Wildman–Crippen LogP) is 5.29. The summed E-state index contributed by atoms with van der Waals surface area (Å²) in [7, 11) is 3.99. The number of nitrogens with zero attached hydrogens (tertiary/aromatic N) is 2. The second-order valence-corrected chi connectivity index (χ2v) is 11.2. The first-order valence-electron chi connectivity index (χ1n) is 14.3. The Hall–Kier alpha value is -3.19. The Balaban J connectivity index is 1.52. The van der Waals surface area contributed by atoms with Gasteiger partial charge in [-0.1, -0.05) is 18.0 Å². The second-order valence-electron chi connectivity index (χ2n) is 10.8. The van der Waals surface area contributed by atoms with Crippen LogP contribution in [0.2, 0.25) is 5.02 Å². The summed E-state index contributed by atoms with van der Waals surface area (Å²) in [5, 5.41) is 27.6. The fraction of sp³-hybridized carbons (Fsp3) is 0.533. The molecule has 0 bridgehead atoms. The molecule has 216 valence electrons. The zero-order valence-electron chi connectivity index (χ0n) is 23.8. The number of ether oxygens (including phenoxy) is 1. The molecular weight excluding hydrogens is 526 g/mol. The van der Waals surface area contributed by atoms with Gasteiger partial charge in [-0.05, 0) is 77.6 Å². The first-order chi connectivity index (χ1) is 19.4. The molecule has 0 saturated carbocycles. The quantitative estimate of drug-likeness (QED) is 0.235. The minimum atomic E-state index is -0.331. The molecule has 40 heavy (non-hydrogen) atoms. The maximum atomic E-state index is 12.7. The van der Waals surface area contributed by atoms with Crippen LogP contribution in [0.15, 0.2) is 30.3 Å². The zero-order valence-corrected chi connectivity index (χ0v) is 24.5. The Morgan fingerprint density at radius 3 is 2.77 bits per heavy atom. The summed E-state index contributed by atoms with van der Waals surface area (Å²) in [6.07, 6.45) is 4.83. The van der Waals surface area contributed by atoms with E-state index >= 15 is 0 Å². The number of rotatable bonds is 12. The molecule has 9 nitrogen and oxygen atoms in total. The van der Waals surface area contributed by atoms with Gasteiger partial charge in [0, 0.05) is 48.6 Å². The van der Waals surface area contributed by atoms with Crippen molar-refractivity contribution in [3.63, 3.8) is 0 Å². The smallest absolute Gasteiger partial charge is 0.224 e. The van der Waals surface area contributed by atoms with E-state index in [0.717, 1.165) is 48.7 Å². The number of fused-ring (bicyclic) bond motifs is 1. The maximum Gasteiger partial charge on any atom is 0.224 e. The fourth-order valence-electron chi connectivity index (χ4n) is 5.26. The van der Waals surface area contributed by atoms with Gasteiger partial charge in [-0.3, -0.25) is 4.79 Å². The third kappa shape index (κ3) is 7.94. The number of carbonyl (C=O) groups excluding carboxylic acids is 1. The van der Waals surface area contributed by atoms with E-state index in [9.17, 15) is 10.1 Å². The van der Waals surface area contributed by atoms with E-state index in [0.29, 0.717) is 42.1 Å². The van der Waals surface area contributed by atoms with Gasteiger partial charge in [-0.25, -0.2) is 0 Å². The maximum absolute atomic E-state index is 12.7. The zero-order chi connectivity index (χ0) is 28.5.